The minimum atomic E-state index is -0.895. The topological polar surface area (TPSA) is 42.9 Å². The average Bonchev–Trinajstić information content (AvgIpc) is 2.29. The lowest BCUT2D eigenvalue weighted by molar-refractivity contribution is 0.103. The number of aromatic nitrogens is 2. The molecule has 0 saturated heterocycles. The highest BCUT2D eigenvalue weighted by Gasteiger charge is 2.14. The lowest BCUT2D eigenvalue weighted by Crippen LogP contribution is -2.05. The molecule has 1 aromatic heterocycles. The number of hydrogen-bond donors (Lipinski definition) is 0. The predicted octanol–water partition coefficient (Wildman–Crippen LogP) is 1.99. The van der Waals surface area contributed by atoms with Gasteiger partial charge in [-0.15, -0.1) is 0 Å². The molecule has 5 heteroatoms. The van der Waals surface area contributed by atoms with Crippen LogP contribution in [0.5, 0.6) is 0 Å². The SMILES string of the molecule is O=C(c1cncnc1)c1ccc(F)cc1F. The first-order chi connectivity index (χ1) is 7.68. The van der Waals surface area contributed by atoms with Gasteiger partial charge in [0.15, 0.2) is 5.78 Å². The van der Waals surface area contributed by atoms with E-state index in [1.165, 1.54) is 18.7 Å². The molecule has 0 aliphatic carbocycles. The zero-order chi connectivity index (χ0) is 11.5. The summed E-state index contributed by atoms with van der Waals surface area (Å²) in [5.74, 6) is -2.19. The summed E-state index contributed by atoms with van der Waals surface area (Å²) in [5.41, 5.74) is -0.0378. The summed E-state index contributed by atoms with van der Waals surface area (Å²) < 4.78 is 25.9. The van der Waals surface area contributed by atoms with E-state index < -0.39 is 17.4 Å². The molecule has 80 valence electrons. The molecule has 1 aromatic carbocycles. The van der Waals surface area contributed by atoms with Gasteiger partial charge in [-0.2, -0.15) is 0 Å². The van der Waals surface area contributed by atoms with Gasteiger partial charge in [0, 0.05) is 18.5 Å². The summed E-state index contributed by atoms with van der Waals surface area (Å²) in [5, 5.41) is 0. The summed E-state index contributed by atoms with van der Waals surface area (Å²) in [6, 6.07) is 2.79. The fourth-order valence-electron chi connectivity index (χ4n) is 1.25. The average molecular weight is 220 g/mol. The number of rotatable bonds is 2. The van der Waals surface area contributed by atoms with Gasteiger partial charge >= 0.3 is 0 Å². The van der Waals surface area contributed by atoms with Crippen LogP contribution in [0.4, 0.5) is 8.78 Å². The molecule has 0 aliphatic heterocycles. The molecule has 0 saturated carbocycles. The fraction of sp³-hybridized carbons (Fsp3) is 0. The van der Waals surface area contributed by atoms with Crippen LogP contribution >= 0.6 is 0 Å². The normalized spacial score (nSPS) is 10.1. The minimum Gasteiger partial charge on any atom is -0.288 e. The third-order valence-corrected chi connectivity index (χ3v) is 2.00. The van der Waals surface area contributed by atoms with Crippen molar-refractivity contribution >= 4 is 5.78 Å². The van der Waals surface area contributed by atoms with Crippen LogP contribution < -0.4 is 0 Å². The van der Waals surface area contributed by atoms with E-state index in [1.54, 1.807) is 0 Å². The van der Waals surface area contributed by atoms with Crippen LogP contribution in [0.3, 0.4) is 0 Å². The van der Waals surface area contributed by atoms with E-state index in [9.17, 15) is 13.6 Å². The van der Waals surface area contributed by atoms with Crippen LogP contribution in [0, 0.1) is 11.6 Å². The largest absolute Gasteiger partial charge is 0.288 e. The summed E-state index contributed by atoms with van der Waals surface area (Å²) in [6.45, 7) is 0. The lowest BCUT2D eigenvalue weighted by atomic mass is 10.1. The Morgan fingerprint density at radius 2 is 1.81 bits per heavy atom. The van der Waals surface area contributed by atoms with Gasteiger partial charge < -0.3 is 0 Å². The number of benzene rings is 1. The van der Waals surface area contributed by atoms with Crippen molar-refractivity contribution in [1.82, 2.24) is 9.97 Å². The summed E-state index contributed by atoms with van der Waals surface area (Å²) >= 11 is 0. The van der Waals surface area contributed by atoms with Crippen LogP contribution in [0.25, 0.3) is 0 Å². The van der Waals surface area contributed by atoms with Gasteiger partial charge in [0.05, 0.1) is 11.1 Å². The second kappa shape index (κ2) is 4.14. The summed E-state index contributed by atoms with van der Waals surface area (Å²) in [4.78, 5) is 19.0. The Hall–Kier alpha value is -2.17. The fourth-order valence-corrected chi connectivity index (χ4v) is 1.25. The molecule has 1 heterocycles. The van der Waals surface area contributed by atoms with Crippen molar-refractivity contribution in [3.8, 4) is 0 Å². The second-order valence-corrected chi connectivity index (χ2v) is 3.08. The first kappa shape index (κ1) is 10.4. The Balaban J connectivity index is 2.42. The van der Waals surface area contributed by atoms with E-state index in [0.717, 1.165) is 12.1 Å². The van der Waals surface area contributed by atoms with Gasteiger partial charge in [-0.1, -0.05) is 0 Å². The monoisotopic (exact) mass is 220 g/mol. The first-order valence-corrected chi connectivity index (χ1v) is 4.43. The molecule has 0 fully saturated rings. The molecule has 0 radical (unpaired) electrons. The van der Waals surface area contributed by atoms with Gasteiger partial charge in [-0.25, -0.2) is 18.7 Å². The van der Waals surface area contributed by atoms with Gasteiger partial charge in [0.25, 0.3) is 0 Å². The minimum absolute atomic E-state index is 0.160. The van der Waals surface area contributed by atoms with E-state index in [2.05, 4.69) is 9.97 Å². The van der Waals surface area contributed by atoms with E-state index in [1.807, 2.05) is 0 Å². The van der Waals surface area contributed by atoms with E-state index in [4.69, 9.17) is 0 Å². The van der Waals surface area contributed by atoms with Crippen molar-refractivity contribution in [3.05, 3.63) is 59.7 Å². The van der Waals surface area contributed by atoms with E-state index in [-0.39, 0.29) is 11.1 Å². The molecular formula is C11H6F2N2O. The first-order valence-electron chi connectivity index (χ1n) is 4.43. The number of ketones is 1. The molecule has 0 atom stereocenters. The number of nitrogens with zero attached hydrogens (tertiary/aromatic N) is 2. The highest BCUT2D eigenvalue weighted by atomic mass is 19.1. The maximum Gasteiger partial charge on any atom is 0.199 e. The van der Waals surface area contributed by atoms with Crippen molar-refractivity contribution in [3.63, 3.8) is 0 Å². The summed E-state index contributed by atoms with van der Waals surface area (Å²) in [6.07, 6.45) is 3.81. The molecule has 0 N–H and O–H groups in total. The Bertz CT molecular complexity index is 529. The molecule has 0 amide bonds. The lowest BCUT2D eigenvalue weighted by Gasteiger charge is -2.01. The molecule has 2 rings (SSSR count). The van der Waals surface area contributed by atoms with Crippen LogP contribution in [-0.4, -0.2) is 15.8 Å². The summed E-state index contributed by atoms with van der Waals surface area (Å²) in [7, 11) is 0. The maximum atomic E-state index is 13.3. The molecule has 0 aliphatic rings. The smallest absolute Gasteiger partial charge is 0.199 e. The molecule has 0 spiro atoms. The molecular weight excluding hydrogens is 214 g/mol. The number of carbonyl (C=O) groups is 1. The van der Waals surface area contributed by atoms with Gasteiger partial charge in [0.2, 0.25) is 0 Å². The zero-order valence-corrected chi connectivity index (χ0v) is 8.02. The highest BCUT2D eigenvalue weighted by molar-refractivity contribution is 6.08. The van der Waals surface area contributed by atoms with Crippen LogP contribution in [0.2, 0.25) is 0 Å². The van der Waals surface area contributed by atoms with Gasteiger partial charge in [-0.3, -0.25) is 4.79 Å². The Kier molecular flexibility index (Phi) is 2.68. The van der Waals surface area contributed by atoms with Crippen molar-refractivity contribution in [2.45, 2.75) is 0 Å². The van der Waals surface area contributed by atoms with Crippen molar-refractivity contribution < 1.29 is 13.6 Å². The number of halogens is 2. The predicted molar refractivity (Wildman–Crippen MR) is 51.8 cm³/mol. The Labute approximate surface area is 89.8 Å². The second-order valence-electron chi connectivity index (χ2n) is 3.08. The standard InChI is InChI=1S/C11H6F2N2O/c12-8-1-2-9(10(13)3-8)11(16)7-4-14-6-15-5-7/h1-6H. The Morgan fingerprint density at radius 1 is 1.12 bits per heavy atom. The molecule has 0 unspecified atom stereocenters. The van der Waals surface area contributed by atoms with Crippen LogP contribution in [0.15, 0.2) is 36.9 Å². The molecule has 0 bridgehead atoms. The molecule has 2 aromatic rings. The van der Waals surface area contributed by atoms with Gasteiger partial charge in [0.1, 0.15) is 18.0 Å². The Morgan fingerprint density at radius 3 is 2.44 bits per heavy atom. The van der Waals surface area contributed by atoms with Crippen molar-refractivity contribution in [1.29, 1.82) is 0 Å². The molecule has 16 heavy (non-hydrogen) atoms. The van der Waals surface area contributed by atoms with Crippen molar-refractivity contribution in [2.75, 3.05) is 0 Å². The van der Waals surface area contributed by atoms with Crippen LogP contribution in [0.1, 0.15) is 15.9 Å². The number of hydrogen-bond acceptors (Lipinski definition) is 3. The van der Waals surface area contributed by atoms with E-state index in [0.29, 0.717) is 6.07 Å². The number of carbonyl (C=O) groups excluding carboxylic acids is 1. The molecule has 3 nitrogen and oxygen atoms in total. The maximum absolute atomic E-state index is 13.3. The third-order valence-electron chi connectivity index (χ3n) is 2.00. The third kappa shape index (κ3) is 1.93. The van der Waals surface area contributed by atoms with Gasteiger partial charge in [-0.05, 0) is 12.1 Å². The van der Waals surface area contributed by atoms with Crippen LogP contribution in [-0.2, 0) is 0 Å². The van der Waals surface area contributed by atoms with E-state index >= 15 is 0 Å². The zero-order valence-electron chi connectivity index (χ0n) is 8.02. The quantitative estimate of drug-likeness (QED) is 0.727. The highest BCUT2D eigenvalue weighted by Crippen LogP contribution is 2.13. The van der Waals surface area contributed by atoms with Crippen molar-refractivity contribution in [2.24, 2.45) is 0 Å².